The predicted octanol–water partition coefficient (Wildman–Crippen LogP) is 2.97. The van der Waals surface area contributed by atoms with Gasteiger partial charge in [-0.2, -0.15) is 0 Å². The van der Waals surface area contributed by atoms with E-state index in [4.69, 9.17) is 0 Å². The smallest absolute Gasteiger partial charge is 0.256 e. The zero-order valence-electron chi connectivity index (χ0n) is 13.4. The summed E-state index contributed by atoms with van der Waals surface area (Å²) in [5, 5.41) is -0.690. The number of halogens is 2. The van der Waals surface area contributed by atoms with Gasteiger partial charge in [0.1, 0.15) is 11.6 Å². The van der Waals surface area contributed by atoms with Gasteiger partial charge in [0.2, 0.25) is 0 Å². The molecule has 1 aliphatic heterocycles. The Kier molecular flexibility index (Phi) is 4.85. The van der Waals surface area contributed by atoms with Gasteiger partial charge in [-0.05, 0) is 24.1 Å². The van der Waals surface area contributed by atoms with E-state index >= 15 is 0 Å². The van der Waals surface area contributed by atoms with Gasteiger partial charge in [0.25, 0.3) is 5.91 Å². The molecule has 4 nitrogen and oxygen atoms in total. The van der Waals surface area contributed by atoms with Crippen LogP contribution >= 0.6 is 0 Å². The standard InChI is InChI=1S/C18H17F2NO3S/c19-14-6-7-15(16(20)12-14)18(22)21-9-8-17(25(23,24)11-10-21)13-4-2-1-3-5-13/h1-7,12,17H,8-11H2. The van der Waals surface area contributed by atoms with Crippen LogP contribution in [0.3, 0.4) is 0 Å². The Morgan fingerprint density at radius 1 is 1.04 bits per heavy atom. The quantitative estimate of drug-likeness (QED) is 0.822. The zero-order chi connectivity index (χ0) is 18.0. The molecule has 0 aromatic heterocycles. The number of rotatable bonds is 2. The topological polar surface area (TPSA) is 54.5 Å². The third kappa shape index (κ3) is 3.71. The van der Waals surface area contributed by atoms with Gasteiger partial charge in [0, 0.05) is 19.2 Å². The van der Waals surface area contributed by atoms with E-state index in [2.05, 4.69) is 0 Å². The maximum absolute atomic E-state index is 13.8. The molecule has 2 aromatic carbocycles. The Bertz CT molecular complexity index is 884. The molecule has 1 atom stereocenters. The lowest BCUT2D eigenvalue weighted by Gasteiger charge is -2.20. The maximum atomic E-state index is 13.8. The molecular formula is C18H17F2NO3S. The molecule has 0 spiro atoms. The fourth-order valence-electron chi connectivity index (χ4n) is 3.02. The normalized spacial score (nSPS) is 20.1. The fourth-order valence-corrected chi connectivity index (χ4v) is 4.82. The summed E-state index contributed by atoms with van der Waals surface area (Å²) in [5.74, 6) is -2.53. The highest BCUT2D eigenvalue weighted by atomic mass is 32.2. The monoisotopic (exact) mass is 365 g/mol. The van der Waals surface area contributed by atoms with Gasteiger partial charge in [-0.15, -0.1) is 0 Å². The van der Waals surface area contributed by atoms with E-state index in [0.29, 0.717) is 11.6 Å². The summed E-state index contributed by atoms with van der Waals surface area (Å²) >= 11 is 0. The Balaban J connectivity index is 1.84. The lowest BCUT2D eigenvalue weighted by atomic mass is 10.1. The lowest BCUT2D eigenvalue weighted by molar-refractivity contribution is 0.0762. The van der Waals surface area contributed by atoms with E-state index in [1.54, 1.807) is 30.3 Å². The van der Waals surface area contributed by atoms with Crippen LogP contribution in [0.1, 0.15) is 27.6 Å². The summed E-state index contributed by atoms with van der Waals surface area (Å²) in [4.78, 5) is 13.8. The van der Waals surface area contributed by atoms with Crippen molar-refractivity contribution in [2.45, 2.75) is 11.7 Å². The molecule has 0 bridgehead atoms. The molecule has 1 unspecified atom stereocenters. The first-order valence-electron chi connectivity index (χ1n) is 7.89. The largest absolute Gasteiger partial charge is 0.337 e. The van der Waals surface area contributed by atoms with Gasteiger partial charge in [0.05, 0.1) is 16.6 Å². The summed E-state index contributed by atoms with van der Waals surface area (Å²) in [6.07, 6.45) is 0.237. The molecule has 1 heterocycles. The van der Waals surface area contributed by atoms with Crippen molar-refractivity contribution in [1.29, 1.82) is 0 Å². The minimum Gasteiger partial charge on any atom is -0.337 e. The van der Waals surface area contributed by atoms with Crippen LogP contribution in [0.2, 0.25) is 0 Å². The maximum Gasteiger partial charge on any atom is 0.256 e. The van der Waals surface area contributed by atoms with E-state index < -0.39 is 32.6 Å². The van der Waals surface area contributed by atoms with Gasteiger partial charge < -0.3 is 4.90 Å². The van der Waals surface area contributed by atoms with E-state index in [0.717, 1.165) is 12.1 Å². The number of amides is 1. The fraction of sp³-hybridized carbons (Fsp3) is 0.278. The lowest BCUT2D eigenvalue weighted by Crippen LogP contribution is -2.34. The van der Waals surface area contributed by atoms with Crippen molar-refractivity contribution in [1.82, 2.24) is 4.90 Å². The van der Waals surface area contributed by atoms with Crippen molar-refractivity contribution in [2.24, 2.45) is 0 Å². The SMILES string of the molecule is O=C(c1ccc(F)cc1F)N1CCC(c2ccccc2)S(=O)(=O)CC1. The molecule has 2 aromatic rings. The van der Waals surface area contributed by atoms with Gasteiger partial charge >= 0.3 is 0 Å². The van der Waals surface area contributed by atoms with Crippen molar-refractivity contribution < 1.29 is 22.0 Å². The Morgan fingerprint density at radius 3 is 2.44 bits per heavy atom. The van der Waals surface area contributed by atoms with Crippen molar-refractivity contribution >= 4 is 15.7 Å². The molecule has 0 N–H and O–H groups in total. The van der Waals surface area contributed by atoms with Crippen LogP contribution in [0, 0.1) is 11.6 Å². The molecule has 1 aliphatic rings. The average Bonchev–Trinajstić information content (AvgIpc) is 2.73. The summed E-state index contributed by atoms with van der Waals surface area (Å²) in [7, 11) is -3.43. The number of carbonyl (C=O) groups excluding carboxylic acids is 1. The van der Waals surface area contributed by atoms with Crippen LogP contribution in [0.25, 0.3) is 0 Å². The van der Waals surface area contributed by atoms with E-state index in [1.165, 1.54) is 4.90 Å². The van der Waals surface area contributed by atoms with Crippen LogP contribution in [-0.4, -0.2) is 38.1 Å². The van der Waals surface area contributed by atoms with Crippen LogP contribution in [-0.2, 0) is 9.84 Å². The molecule has 25 heavy (non-hydrogen) atoms. The van der Waals surface area contributed by atoms with Gasteiger partial charge in [-0.1, -0.05) is 30.3 Å². The van der Waals surface area contributed by atoms with Crippen LogP contribution in [0.15, 0.2) is 48.5 Å². The summed E-state index contributed by atoms with van der Waals surface area (Å²) in [6.45, 7) is 0.176. The highest BCUT2D eigenvalue weighted by Gasteiger charge is 2.33. The molecule has 0 aliphatic carbocycles. The molecular weight excluding hydrogens is 348 g/mol. The Hall–Kier alpha value is -2.28. The Labute approximate surface area is 145 Å². The highest BCUT2D eigenvalue weighted by molar-refractivity contribution is 7.91. The first-order valence-corrected chi connectivity index (χ1v) is 9.61. The molecule has 132 valence electrons. The summed E-state index contributed by atoms with van der Waals surface area (Å²) in [6, 6.07) is 11.6. The second-order valence-corrected chi connectivity index (χ2v) is 8.27. The molecule has 0 saturated carbocycles. The summed E-state index contributed by atoms with van der Waals surface area (Å²) < 4.78 is 52.0. The number of hydrogen-bond donors (Lipinski definition) is 0. The highest BCUT2D eigenvalue weighted by Crippen LogP contribution is 2.29. The van der Waals surface area contributed by atoms with E-state index in [9.17, 15) is 22.0 Å². The van der Waals surface area contributed by atoms with Gasteiger partial charge in [0.15, 0.2) is 9.84 Å². The Morgan fingerprint density at radius 2 is 1.76 bits per heavy atom. The molecule has 1 amide bonds. The van der Waals surface area contributed by atoms with Crippen molar-refractivity contribution in [3.63, 3.8) is 0 Å². The molecule has 1 fully saturated rings. The first-order chi connectivity index (χ1) is 11.9. The van der Waals surface area contributed by atoms with Crippen molar-refractivity contribution in [3.8, 4) is 0 Å². The molecule has 7 heteroatoms. The third-order valence-corrected chi connectivity index (χ3v) is 6.49. The molecule has 1 saturated heterocycles. The number of hydrogen-bond acceptors (Lipinski definition) is 3. The second kappa shape index (κ2) is 6.92. The van der Waals surface area contributed by atoms with Crippen LogP contribution in [0.4, 0.5) is 8.78 Å². The minimum absolute atomic E-state index is 0.0126. The summed E-state index contributed by atoms with van der Waals surface area (Å²) in [5.41, 5.74) is 0.432. The minimum atomic E-state index is -3.43. The van der Waals surface area contributed by atoms with Crippen LogP contribution < -0.4 is 0 Å². The van der Waals surface area contributed by atoms with Crippen LogP contribution in [0.5, 0.6) is 0 Å². The average molecular weight is 365 g/mol. The van der Waals surface area contributed by atoms with E-state index in [-0.39, 0.29) is 30.8 Å². The van der Waals surface area contributed by atoms with E-state index in [1.807, 2.05) is 0 Å². The second-order valence-electron chi connectivity index (χ2n) is 5.97. The predicted molar refractivity (Wildman–Crippen MR) is 89.8 cm³/mol. The molecule has 0 radical (unpaired) electrons. The first kappa shape index (κ1) is 17.5. The number of sulfone groups is 1. The zero-order valence-corrected chi connectivity index (χ0v) is 14.2. The number of carbonyl (C=O) groups is 1. The molecule has 3 rings (SSSR count). The number of benzene rings is 2. The third-order valence-electron chi connectivity index (χ3n) is 4.36. The van der Waals surface area contributed by atoms with Crippen molar-refractivity contribution in [2.75, 3.05) is 18.8 Å². The van der Waals surface area contributed by atoms with Crippen molar-refractivity contribution in [3.05, 3.63) is 71.3 Å². The van der Waals surface area contributed by atoms with Gasteiger partial charge in [-0.3, -0.25) is 4.79 Å². The number of nitrogens with zero attached hydrogens (tertiary/aromatic N) is 1. The van der Waals surface area contributed by atoms with Gasteiger partial charge in [-0.25, -0.2) is 17.2 Å².